The molecule has 5 heteroatoms. The number of ether oxygens (including phenoxy) is 1. The van der Waals surface area contributed by atoms with Crippen LogP contribution < -0.4 is 10.6 Å². The molecule has 1 aromatic rings. The van der Waals surface area contributed by atoms with E-state index in [-0.39, 0.29) is 18.4 Å². The van der Waals surface area contributed by atoms with E-state index in [2.05, 4.69) is 10.6 Å². The monoisotopic (exact) mass is 276 g/mol. The molecule has 0 spiro atoms. The summed E-state index contributed by atoms with van der Waals surface area (Å²) in [4.78, 5) is 23.9. The summed E-state index contributed by atoms with van der Waals surface area (Å²) in [6.07, 6.45) is 0. The molecule has 0 aromatic heterocycles. The topological polar surface area (TPSA) is 67.4 Å². The first-order valence-corrected chi connectivity index (χ1v) is 6.80. The Kier molecular flexibility index (Phi) is 3.97. The van der Waals surface area contributed by atoms with Gasteiger partial charge in [-0.2, -0.15) is 0 Å². The minimum atomic E-state index is -1.06. The highest BCUT2D eigenvalue weighted by Crippen LogP contribution is 2.38. The van der Waals surface area contributed by atoms with Crippen molar-refractivity contribution >= 4 is 17.6 Å². The molecule has 1 amide bonds. The first kappa shape index (κ1) is 14.4. The fraction of sp³-hybridized carbons (Fsp3) is 0.467. The number of rotatable bonds is 3. The van der Waals surface area contributed by atoms with Crippen molar-refractivity contribution in [1.82, 2.24) is 5.32 Å². The Morgan fingerprint density at radius 3 is 2.80 bits per heavy atom. The van der Waals surface area contributed by atoms with E-state index in [4.69, 9.17) is 4.74 Å². The van der Waals surface area contributed by atoms with Crippen molar-refractivity contribution in [1.29, 1.82) is 0 Å². The standard InChI is InChI=1S/C15H20N2O3/c1-4-20-14(19)15(17-11(3)18)9-16-13-8-6-5-7-12(13)10(15)2/h5-8,10,16H,4,9H2,1-3H3,(H,17,18). The van der Waals surface area contributed by atoms with Crippen molar-refractivity contribution in [3.05, 3.63) is 29.8 Å². The third-order valence-electron chi connectivity index (χ3n) is 3.76. The largest absolute Gasteiger partial charge is 0.464 e. The van der Waals surface area contributed by atoms with Gasteiger partial charge in [-0.25, -0.2) is 4.79 Å². The molecule has 2 unspecified atom stereocenters. The van der Waals surface area contributed by atoms with E-state index in [1.807, 2.05) is 31.2 Å². The van der Waals surface area contributed by atoms with Gasteiger partial charge in [-0.05, 0) is 18.6 Å². The van der Waals surface area contributed by atoms with Gasteiger partial charge in [0.2, 0.25) is 5.91 Å². The molecule has 0 aliphatic carbocycles. The third kappa shape index (κ3) is 2.35. The Morgan fingerprint density at radius 1 is 1.45 bits per heavy atom. The van der Waals surface area contributed by atoms with E-state index in [1.165, 1.54) is 6.92 Å². The minimum Gasteiger partial charge on any atom is -0.464 e. The molecule has 2 N–H and O–H groups in total. The first-order valence-electron chi connectivity index (χ1n) is 6.80. The molecule has 1 aliphatic rings. The van der Waals surface area contributed by atoms with E-state index in [1.54, 1.807) is 6.92 Å². The van der Waals surface area contributed by atoms with Gasteiger partial charge in [0.1, 0.15) is 0 Å². The van der Waals surface area contributed by atoms with Crippen LogP contribution in [0.5, 0.6) is 0 Å². The second-order valence-corrected chi connectivity index (χ2v) is 5.04. The summed E-state index contributed by atoms with van der Waals surface area (Å²) in [7, 11) is 0. The molecule has 2 atom stereocenters. The van der Waals surface area contributed by atoms with E-state index in [0.29, 0.717) is 6.54 Å². The summed E-state index contributed by atoms with van der Waals surface area (Å²) in [6, 6.07) is 7.79. The predicted octanol–water partition coefficient (Wildman–Crippen LogP) is 1.65. The van der Waals surface area contributed by atoms with Crippen LogP contribution in [-0.4, -0.2) is 30.6 Å². The minimum absolute atomic E-state index is 0.164. The number of amides is 1. The van der Waals surface area contributed by atoms with Crippen LogP contribution >= 0.6 is 0 Å². The van der Waals surface area contributed by atoms with Crippen molar-refractivity contribution < 1.29 is 14.3 Å². The van der Waals surface area contributed by atoms with Gasteiger partial charge in [-0.15, -0.1) is 0 Å². The van der Waals surface area contributed by atoms with Gasteiger partial charge in [-0.3, -0.25) is 4.79 Å². The number of hydrogen-bond donors (Lipinski definition) is 2. The molecule has 5 nitrogen and oxygen atoms in total. The average molecular weight is 276 g/mol. The number of hydrogen-bond acceptors (Lipinski definition) is 4. The maximum absolute atomic E-state index is 12.4. The summed E-state index contributed by atoms with van der Waals surface area (Å²) in [5.41, 5.74) is 0.932. The summed E-state index contributed by atoms with van der Waals surface area (Å²) < 4.78 is 5.18. The molecule has 0 fully saturated rings. The smallest absolute Gasteiger partial charge is 0.334 e. The Morgan fingerprint density at radius 2 is 2.15 bits per heavy atom. The predicted molar refractivity (Wildman–Crippen MR) is 76.5 cm³/mol. The molecular formula is C15H20N2O3. The molecule has 1 aliphatic heterocycles. The van der Waals surface area contributed by atoms with Crippen LogP contribution in [0.15, 0.2) is 24.3 Å². The normalized spacial score (nSPS) is 24.2. The van der Waals surface area contributed by atoms with Gasteiger partial charge >= 0.3 is 5.97 Å². The van der Waals surface area contributed by atoms with E-state index < -0.39 is 11.5 Å². The quantitative estimate of drug-likeness (QED) is 0.824. The van der Waals surface area contributed by atoms with E-state index in [0.717, 1.165) is 11.3 Å². The molecule has 0 saturated carbocycles. The highest BCUT2D eigenvalue weighted by Gasteiger charge is 2.49. The SMILES string of the molecule is CCOC(=O)C1(NC(C)=O)CNc2ccccc2C1C. The number of carbonyl (C=O) groups is 2. The maximum atomic E-state index is 12.4. The number of nitrogens with one attached hydrogen (secondary N) is 2. The highest BCUT2D eigenvalue weighted by molar-refractivity contribution is 5.90. The van der Waals surface area contributed by atoms with Crippen LogP contribution in [0.3, 0.4) is 0 Å². The summed E-state index contributed by atoms with van der Waals surface area (Å²) in [5.74, 6) is -0.807. The van der Waals surface area contributed by atoms with Crippen molar-refractivity contribution in [2.45, 2.75) is 32.2 Å². The molecule has 20 heavy (non-hydrogen) atoms. The fourth-order valence-electron chi connectivity index (χ4n) is 2.72. The van der Waals surface area contributed by atoms with Crippen molar-refractivity contribution in [3.63, 3.8) is 0 Å². The van der Waals surface area contributed by atoms with Gasteiger partial charge in [0.15, 0.2) is 5.54 Å². The molecule has 1 heterocycles. The lowest BCUT2D eigenvalue weighted by atomic mass is 9.76. The maximum Gasteiger partial charge on any atom is 0.334 e. The van der Waals surface area contributed by atoms with Crippen molar-refractivity contribution in [2.75, 3.05) is 18.5 Å². The Bertz CT molecular complexity index is 530. The van der Waals surface area contributed by atoms with Crippen LogP contribution in [0, 0.1) is 0 Å². The van der Waals surface area contributed by atoms with Crippen LogP contribution in [0.25, 0.3) is 0 Å². The third-order valence-corrected chi connectivity index (χ3v) is 3.76. The number of para-hydroxylation sites is 1. The number of fused-ring (bicyclic) bond motifs is 1. The lowest BCUT2D eigenvalue weighted by Gasteiger charge is -2.42. The lowest BCUT2D eigenvalue weighted by molar-refractivity contribution is -0.153. The molecule has 108 valence electrons. The van der Waals surface area contributed by atoms with Gasteiger partial charge < -0.3 is 15.4 Å². The number of anilines is 1. The molecule has 0 bridgehead atoms. The number of benzene rings is 1. The fourth-order valence-corrected chi connectivity index (χ4v) is 2.72. The van der Waals surface area contributed by atoms with Gasteiger partial charge in [0.25, 0.3) is 0 Å². The van der Waals surface area contributed by atoms with Gasteiger partial charge in [0.05, 0.1) is 6.61 Å². The Balaban J connectivity index is 2.43. The molecule has 2 rings (SSSR count). The first-order chi connectivity index (χ1) is 9.51. The average Bonchev–Trinajstić information content (AvgIpc) is 2.42. The van der Waals surface area contributed by atoms with Gasteiger partial charge in [0, 0.05) is 25.1 Å². The summed E-state index contributed by atoms with van der Waals surface area (Å²) in [6.45, 7) is 5.72. The van der Waals surface area contributed by atoms with Crippen molar-refractivity contribution in [3.8, 4) is 0 Å². The zero-order valence-electron chi connectivity index (χ0n) is 12.0. The van der Waals surface area contributed by atoms with E-state index >= 15 is 0 Å². The molecule has 1 aromatic carbocycles. The zero-order chi connectivity index (χ0) is 14.8. The van der Waals surface area contributed by atoms with Crippen LogP contribution in [-0.2, 0) is 14.3 Å². The summed E-state index contributed by atoms with van der Waals surface area (Å²) >= 11 is 0. The van der Waals surface area contributed by atoms with Crippen LogP contribution in [0.2, 0.25) is 0 Å². The van der Waals surface area contributed by atoms with Crippen molar-refractivity contribution in [2.24, 2.45) is 0 Å². The zero-order valence-corrected chi connectivity index (χ0v) is 12.0. The second-order valence-electron chi connectivity index (χ2n) is 5.04. The highest BCUT2D eigenvalue weighted by atomic mass is 16.5. The second kappa shape index (κ2) is 5.53. The number of carbonyl (C=O) groups excluding carboxylic acids is 2. The molecular weight excluding hydrogens is 256 g/mol. The number of esters is 1. The van der Waals surface area contributed by atoms with Gasteiger partial charge in [-0.1, -0.05) is 25.1 Å². The molecule has 0 saturated heterocycles. The molecule has 0 radical (unpaired) electrons. The van der Waals surface area contributed by atoms with E-state index in [9.17, 15) is 9.59 Å². The Hall–Kier alpha value is -2.04. The van der Waals surface area contributed by atoms with Crippen LogP contribution in [0.4, 0.5) is 5.69 Å². The van der Waals surface area contributed by atoms with Crippen LogP contribution in [0.1, 0.15) is 32.3 Å². The lowest BCUT2D eigenvalue weighted by Crippen LogP contribution is -2.63. The summed E-state index contributed by atoms with van der Waals surface area (Å²) in [5, 5.41) is 6.01. The Labute approximate surface area is 118 Å².